The first-order chi connectivity index (χ1) is 7.80. The number of hydrogen-bond donors (Lipinski definition) is 2. The zero-order chi connectivity index (χ0) is 11.4. The molecule has 3 heteroatoms. The summed E-state index contributed by atoms with van der Waals surface area (Å²) >= 11 is 0. The molecule has 2 N–H and O–H groups in total. The van der Waals surface area contributed by atoms with Gasteiger partial charge in [-0.2, -0.15) is 5.26 Å². The maximum absolute atomic E-state index is 9.31. The summed E-state index contributed by atoms with van der Waals surface area (Å²) in [7, 11) is 0. The van der Waals surface area contributed by atoms with Gasteiger partial charge >= 0.3 is 0 Å². The van der Waals surface area contributed by atoms with E-state index >= 15 is 0 Å². The Bertz CT molecular complexity index is 377. The van der Waals surface area contributed by atoms with E-state index in [9.17, 15) is 5.26 Å². The third-order valence-electron chi connectivity index (χ3n) is 3.27. The van der Waals surface area contributed by atoms with E-state index in [0.29, 0.717) is 12.6 Å². The van der Waals surface area contributed by atoms with Crippen LogP contribution in [0.15, 0.2) is 30.3 Å². The van der Waals surface area contributed by atoms with Gasteiger partial charge in [0, 0.05) is 12.6 Å². The van der Waals surface area contributed by atoms with Gasteiger partial charge in [0.25, 0.3) is 0 Å². The number of aliphatic hydroxyl groups excluding tert-OH is 1. The Labute approximate surface area is 95.7 Å². The zero-order valence-corrected chi connectivity index (χ0v) is 9.19. The number of rotatable bonds is 4. The van der Waals surface area contributed by atoms with Gasteiger partial charge in [0.15, 0.2) is 0 Å². The summed E-state index contributed by atoms with van der Waals surface area (Å²) < 4.78 is 0. The highest BCUT2D eigenvalue weighted by atomic mass is 16.3. The minimum absolute atomic E-state index is 0.154. The van der Waals surface area contributed by atoms with Gasteiger partial charge in [0.2, 0.25) is 0 Å². The molecule has 1 aromatic rings. The molecule has 1 aliphatic carbocycles. The summed E-state index contributed by atoms with van der Waals surface area (Å²) in [5, 5.41) is 21.2. The van der Waals surface area contributed by atoms with Crippen molar-refractivity contribution in [2.24, 2.45) is 0 Å². The second kappa shape index (κ2) is 4.65. The van der Waals surface area contributed by atoms with Gasteiger partial charge in [-0.1, -0.05) is 30.3 Å². The van der Waals surface area contributed by atoms with Crippen LogP contribution in [-0.4, -0.2) is 24.3 Å². The molecule has 0 radical (unpaired) electrons. The summed E-state index contributed by atoms with van der Waals surface area (Å²) in [5.74, 6) is 0. The van der Waals surface area contributed by atoms with Gasteiger partial charge in [-0.3, -0.25) is 0 Å². The van der Waals surface area contributed by atoms with Crippen molar-refractivity contribution in [3.05, 3.63) is 35.9 Å². The SMILES string of the molecule is N#CC1(c2ccccc2)CC(NCCO)C1. The molecule has 0 atom stereocenters. The monoisotopic (exact) mass is 216 g/mol. The van der Waals surface area contributed by atoms with Crippen LogP contribution in [0.5, 0.6) is 0 Å². The van der Waals surface area contributed by atoms with E-state index in [-0.39, 0.29) is 12.0 Å². The Morgan fingerprint density at radius 1 is 1.38 bits per heavy atom. The maximum Gasteiger partial charge on any atom is 0.0852 e. The van der Waals surface area contributed by atoms with Crippen molar-refractivity contribution < 1.29 is 5.11 Å². The second-order valence-electron chi connectivity index (χ2n) is 4.34. The lowest BCUT2D eigenvalue weighted by molar-refractivity contribution is 0.206. The smallest absolute Gasteiger partial charge is 0.0852 e. The van der Waals surface area contributed by atoms with Crippen molar-refractivity contribution in [2.45, 2.75) is 24.3 Å². The minimum Gasteiger partial charge on any atom is -0.395 e. The third kappa shape index (κ3) is 1.95. The van der Waals surface area contributed by atoms with E-state index in [1.54, 1.807) is 0 Å². The molecule has 0 spiro atoms. The lowest BCUT2D eigenvalue weighted by Crippen LogP contribution is -2.51. The third-order valence-corrected chi connectivity index (χ3v) is 3.27. The summed E-state index contributed by atoms with van der Waals surface area (Å²) in [5.41, 5.74) is 0.800. The Morgan fingerprint density at radius 2 is 2.06 bits per heavy atom. The van der Waals surface area contributed by atoms with E-state index in [1.807, 2.05) is 30.3 Å². The van der Waals surface area contributed by atoms with Crippen LogP contribution in [-0.2, 0) is 5.41 Å². The highest BCUT2D eigenvalue weighted by Gasteiger charge is 2.45. The van der Waals surface area contributed by atoms with Gasteiger partial charge in [0.05, 0.1) is 18.1 Å². The molecule has 16 heavy (non-hydrogen) atoms. The molecule has 3 nitrogen and oxygen atoms in total. The van der Waals surface area contributed by atoms with Crippen molar-refractivity contribution in [3.8, 4) is 6.07 Å². The average molecular weight is 216 g/mol. The summed E-state index contributed by atoms with van der Waals surface area (Å²) in [6.45, 7) is 0.766. The van der Waals surface area contributed by atoms with Crippen LogP contribution >= 0.6 is 0 Å². The molecule has 0 heterocycles. The van der Waals surface area contributed by atoms with Gasteiger partial charge in [-0.05, 0) is 18.4 Å². The van der Waals surface area contributed by atoms with Crippen molar-refractivity contribution in [1.82, 2.24) is 5.32 Å². The van der Waals surface area contributed by atoms with Crippen LogP contribution < -0.4 is 5.32 Å². The first-order valence-corrected chi connectivity index (χ1v) is 5.62. The molecule has 0 bridgehead atoms. The second-order valence-corrected chi connectivity index (χ2v) is 4.34. The van der Waals surface area contributed by atoms with E-state index in [4.69, 9.17) is 5.11 Å². The Hall–Kier alpha value is -1.37. The molecule has 0 unspecified atom stereocenters. The van der Waals surface area contributed by atoms with E-state index in [0.717, 1.165) is 18.4 Å². The normalized spacial score (nSPS) is 28.1. The molecule has 0 aromatic heterocycles. The topological polar surface area (TPSA) is 56.0 Å². The number of aliphatic hydroxyl groups is 1. The van der Waals surface area contributed by atoms with Crippen LogP contribution in [0.2, 0.25) is 0 Å². The average Bonchev–Trinajstić information content (AvgIpc) is 2.29. The predicted molar refractivity (Wildman–Crippen MR) is 61.8 cm³/mol. The minimum atomic E-state index is -0.311. The zero-order valence-electron chi connectivity index (χ0n) is 9.19. The molecule has 1 saturated carbocycles. The van der Waals surface area contributed by atoms with E-state index in [1.165, 1.54) is 0 Å². The standard InChI is InChI=1S/C13H16N2O/c14-10-13(11-4-2-1-3-5-11)8-12(9-13)15-6-7-16/h1-5,12,15-16H,6-9H2. The maximum atomic E-state index is 9.31. The fraction of sp³-hybridized carbons (Fsp3) is 0.462. The van der Waals surface area contributed by atoms with Crippen molar-refractivity contribution in [3.63, 3.8) is 0 Å². The first kappa shape index (κ1) is 11.1. The predicted octanol–water partition coefficient (Wildman–Crippen LogP) is 1.19. The lowest BCUT2D eigenvalue weighted by Gasteiger charge is -2.43. The largest absolute Gasteiger partial charge is 0.395 e. The van der Waals surface area contributed by atoms with Crippen LogP contribution in [0, 0.1) is 11.3 Å². The summed E-state index contributed by atoms with van der Waals surface area (Å²) in [4.78, 5) is 0. The molecule has 0 amide bonds. The van der Waals surface area contributed by atoms with Gasteiger partial charge in [-0.15, -0.1) is 0 Å². The number of benzene rings is 1. The van der Waals surface area contributed by atoms with E-state index in [2.05, 4.69) is 11.4 Å². The van der Waals surface area contributed by atoms with Crippen LogP contribution in [0.1, 0.15) is 18.4 Å². The van der Waals surface area contributed by atoms with E-state index < -0.39 is 0 Å². The number of nitriles is 1. The Balaban J connectivity index is 2.01. The van der Waals surface area contributed by atoms with Gasteiger partial charge in [0.1, 0.15) is 0 Å². The molecule has 1 aliphatic rings. The molecule has 0 saturated heterocycles. The Morgan fingerprint density at radius 3 is 2.62 bits per heavy atom. The summed E-state index contributed by atoms with van der Waals surface area (Å²) in [6.07, 6.45) is 1.68. The molecule has 0 aliphatic heterocycles. The number of nitrogens with zero attached hydrogens (tertiary/aromatic N) is 1. The highest BCUT2D eigenvalue weighted by Crippen LogP contribution is 2.43. The van der Waals surface area contributed by atoms with Crippen molar-refractivity contribution in [1.29, 1.82) is 5.26 Å². The summed E-state index contributed by atoms with van der Waals surface area (Å²) in [6, 6.07) is 12.8. The van der Waals surface area contributed by atoms with Gasteiger partial charge in [-0.25, -0.2) is 0 Å². The fourth-order valence-electron chi connectivity index (χ4n) is 2.34. The molecule has 1 aromatic carbocycles. The molecule has 2 rings (SSSR count). The van der Waals surface area contributed by atoms with Crippen molar-refractivity contribution >= 4 is 0 Å². The molecular formula is C13H16N2O. The Kier molecular flexibility index (Phi) is 3.23. The van der Waals surface area contributed by atoms with Gasteiger partial charge < -0.3 is 10.4 Å². The highest BCUT2D eigenvalue weighted by molar-refractivity contribution is 5.36. The molecule has 84 valence electrons. The first-order valence-electron chi connectivity index (χ1n) is 5.62. The van der Waals surface area contributed by atoms with Crippen LogP contribution in [0.25, 0.3) is 0 Å². The van der Waals surface area contributed by atoms with Crippen LogP contribution in [0.3, 0.4) is 0 Å². The fourth-order valence-corrected chi connectivity index (χ4v) is 2.34. The number of nitrogens with one attached hydrogen (secondary N) is 1. The van der Waals surface area contributed by atoms with Crippen LogP contribution in [0.4, 0.5) is 0 Å². The lowest BCUT2D eigenvalue weighted by atomic mass is 9.62. The quantitative estimate of drug-likeness (QED) is 0.795. The van der Waals surface area contributed by atoms with Crippen molar-refractivity contribution in [2.75, 3.05) is 13.2 Å². The molecule has 1 fully saturated rings. The molecular weight excluding hydrogens is 200 g/mol. The number of hydrogen-bond acceptors (Lipinski definition) is 3.